The highest BCUT2D eigenvalue weighted by atomic mass is 15.3. The molecule has 0 aliphatic rings. The van der Waals surface area contributed by atoms with Gasteiger partial charge >= 0.3 is 0 Å². The van der Waals surface area contributed by atoms with Gasteiger partial charge in [-0.1, -0.05) is 29.8 Å². The van der Waals surface area contributed by atoms with Crippen molar-refractivity contribution in [2.24, 2.45) is 0 Å². The van der Waals surface area contributed by atoms with Gasteiger partial charge in [-0.2, -0.15) is 10.4 Å². The standard InChI is InChI=1S/C12H13N5/c1-8-2-4-9(5-3-8)7-17-12(15)10(6-13)11(14)16-17/h2-5H,7,15H2,1H3,(H2,14,16). The number of hydrogen-bond acceptors (Lipinski definition) is 4. The third kappa shape index (κ3) is 2.06. The van der Waals surface area contributed by atoms with Crippen molar-refractivity contribution in [1.29, 1.82) is 5.26 Å². The van der Waals surface area contributed by atoms with Crippen LogP contribution in [0.2, 0.25) is 0 Å². The molecule has 0 spiro atoms. The summed E-state index contributed by atoms with van der Waals surface area (Å²) in [7, 11) is 0. The molecular formula is C12H13N5. The lowest BCUT2D eigenvalue weighted by Crippen LogP contribution is -2.06. The summed E-state index contributed by atoms with van der Waals surface area (Å²) in [4.78, 5) is 0. The monoisotopic (exact) mass is 227 g/mol. The number of aryl methyl sites for hydroxylation is 1. The van der Waals surface area contributed by atoms with Gasteiger partial charge in [0.05, 0.1) is 6.54 Å². The molecule has 2 aromatic rings. The van der Waals surface area contributed by atoms with E-state index in [1.54, 1.807) is 4.68 Å². The highest BCUT2D eigenvalue weighted by Gasteiger charge is 2.12. The van der Waals surface area contributed by atoms with Gasteiger partial charge in [0.15, 0.2) is 5.82 Å². The molecule has 0 saturated heterocycles. The van der Waals surface area contributed by atoms with E-state index in [2.05, 4.69) is 5.10 Å². The molecule has 2 rings (SSSR count). The molecular weight excluding hydrogens is 214 g/mol. The van der Waals surface area contributed by atoms with Gasteiger partial charge < -0.3 is 11.5 Å². The molecule has 0 atom stereocenters. The lowest BCUT2D eigenvalue weighted by Gasteiger charge is -2.04. The van der Waals surface area contributed by atoms with E-state index in [1.165, 1.54) is 5.56 Å². The number of rotatable bonds is 2. The second-order valence-electron chi connectivity index (χ2n) is 3.90. The van der Waals surface area contributed by atoms with E-state index in [9.17, 15) is 0 Å². The number of benzene rings is 1. The van der Waals surface area contributed by atoms with E-state index in [1.807, 2.05) is 37.3 Å². The Balaban J connectivity index is 2.31. The van der Waals surface area contributed by atoms with E-state index in [-0.39, 0.29) is 11.4 Å². The Morgan fingerprint density at radius 2 is 1.94 bits per heavy atom. The summed E-state index contributed by atoms with van der Waals surface area (Å²) >= 11 is 0. The Bertz CT molecular complexity index is 574. The van der Waals surface area contributed by atoms with Crippen molar-refractivity contribution in [3.05, 3.63) is 41.0 Å². The Morgan fingerprint density at radius 3 is 2.47 bits per heavy atom. The highest BCUT2D eigenvalue weighted by molar-refractivity contribution is 5.61. The minimum atomic E-state index is 0.178. The van der Waals surface area contributed by atoms with E-state index < -0.39 is 0 Å². The number of aromatic nitrogens is 2. The largest absolute Gasteiger partial charge is 0.383 e. The minimum Gasteiger partial charge on any atom is -0.383 e. The fourth-order valence-corrected chi connectivity index (χ4v) is 1.60. The summed E-state index contributed by atoms with van der Waals surface area (Å²) in [5.74, 6) is 0.489. The van der Waals surface area contributed by atoms with Crippen LogP contribution in [0.15, 0.2) is 24.3 Å². The summed E-state index contributed by atoms with van der Waals surface area (Å²) in [6.07, 6.45) is 0. The molecule has 0 radical (unpaired) electrons. The SMILES string of the molecule is Cc1ccc(Cn2nc(N)c(C#N)c2N)cc1. The normalized spacial score (nSPS) is 10.1. The average molecular weight is 227 g/mol. The predicted octanol–water partition coefficient (Wildman–Crippen LogP) is 1.28. The molecule has 86 valence electrons. The van der Waals surface area contributed by atoms with Gasteiger partial charge in [-0.05, 0) is 12.5 Å². The van der Waals surface area contributed by atoms with Crippen molar-refractivity contribution in [3.63, 3.8) is 0 Å². The molecule has 1 aromatic carbocycles. The van der Waals surface area contributed by atoms with Crippen LogP contribution in [0.5, 0.6) is 0 Å². The van der Waals surface area contributed by atoms with E-state index in [0.29, 0.717) is 12.4 Å². The maximum Gasteiger partial charge on any atom is 0.165 e. The summed E-state index contributed by atoms with van der Waals surface area (Å²) in [5, 5.41) is 12.9. The summed E-state index contributed by atoms with van der Waals surface area (Å²) in [5.41, 5.74) is 13.9. The first-order valence-corrected chi connectivity index (χ1v) is 5.19. The molecule has 0 fully saturated rings. The van der Waals surface area contributed by atoms with Crippen molar-refractivity contribution in [2.45, 2.75) is 13.5 Å². The molecule has 5 heteroatoms. The molecule has 0 saturated carbocycles. The Hall–Kier alpha value is -2.48. The predicted molar refractivity (Wildman–Crippen MR) is 66.0 cm³/mol. The molecule has 0 aliphatic carbocycles. The first kappa shape index (κ1) is 11.0. The summed E-state index contributed by atoms with van der Waals surface area (Å²) in [6.45, 7) is 2.54. The smallest absolute Gasteiger partial charge is 0.165 e. The molecule has 1 heterocycles. The zero-order chi connectivity index (χ0) is 12.4. The Morgan fingerprint density at radius 1 is 1.29 bits per heavy atom. The minimum absolute atomic E-state index is 0.178. The molecule has 17 heavy (non-hydrogen) atoms. The zero-order valence-electron chi connectivity index (χ0n) is 9.51. The van der Waals surface area contributed by atoms with Crippen molar-refractivity contribution in [1.82, 2.24) is 9.78 Å². The van der Waals surface area contributed by atoms with Crippen LogP contribution in [-0.4, -0.2) is 9.78 Å². The Kier molecular flexibility index (Phi) is 2.71. The molecule has 0 bridgehead atoms. The van der Waals surface area contributed by atoms with Crippen molar-refractivity contribution >= 4 is 11.6 Å². The fourth-order valence-electron chi connectivity index (χ4n) is 1.60. The average Bonchev–Trinajstić information content (AvgIpc) is 2.57. The molecule has 0 unspecified atom stereocenters. The molecule has 0 amide bonds. The summed E-state index contributed by atoms with van der Waals surface area (Å²) < 4.78 is 1.54. The molecule has 5 nitrogen and oxygen atoms in total. The number of nitriles is 1. The second-order valence-corrected chi connectivity index (χ2v) is 3.90. The van der Waals surface area contributed by atoms with Gasteiger partial charge in [0.1, 0.15) is 17.5 Å². The van der Waals surface area contributed by atoms with Crippen LogP contribution in [0, 0.1) is 18.3 Å². The molecule has 4 N–H and O–H groups in total. The van der Waals surface area contributed by atoms with Gasteiger partial charge in [0.25, 0.3) is 0 Å². The van der Waals surface area contributed by atoms with Gasteiger partial charge in [-0.3, -0.25) is 0 Å². The van der Waals surface area contributed by atoms with Gasteiger partial charge in [0, 0.05) is 0 Å². The zero-order valence-corrected chi connectivity index (χ0v) is 9.51. The molecule has 1 aromatic heterocycles. The number of nitrogens with two attached hydrogens (primary N) is 2. The number of anilines is 2. The van der Waals surface area contributed by atoms with E-state index >= 15 is 0 Å². The third-order valence-electron chi connectivity index (χ3n) is 2.58. The van der Waals surface area contributed by atoms with Crippen LogP contribution in [-0.2, 0) is 6.54 Å². The van der Waals surface area contributed by atoms with E-state index in [0.717, 1.165) is 5.56 Å². The van der Waals surface area contributed by atoms with Crippen molar-refractivity contribution < 1.29 is 0 Å². The van der Waals surface area contributed by atoms with Gasteiger partial charge in [0.2, 0.25) is 0 Å². The van der Waals surface area contributed by atoms with Crippen LogP contribution in [0.1, 0.15) is 16.7 Å². The maximum absolute atomic E-state index is 8.85. The van der Waals surface area contributed by atoms with Crippen LogP contribution < -0.4 is 11.5 Å². The lowest BCUT2D eigenvalue weighted by atomic mass is 10.1. The highest BCUT2D eigenvalue weighted by Crippen LogP contribution is 2.18. The van der Waals surface area contributed by atoms with Crippen molar-refractivity contribution in [3.8, 4) is 6.07 Å². The summed E-state index contributed by atoms with van der Waals surface area (Å²) in [6, 6.07) is 9.98. The van der Waals surface area contributed by atoms with Crippen LogP contribution >= 0.6 is 0 Å². The van der Waals surface area contributed by atoms with Crippen molar-refractivity contribution in [2.75, 3.05) is 11.5 Å². The van der Waals surface area contributed by atoms with Gasteiger partial charge in [-0.15, -0.1) is 0 Å². The topological polar surface area (TPSA) is 93.6 Å². The van der Waals surface area contributed by atoms with E-state index in [4.69, 9.17) is 16.7 Å². The first-order valence-electron chi connectivity index (χ1n) is 5.19. The number of nitrogen functional groups attached to an aromatic ring is 2. The lowest BCUT2D eigenvalue weighted by molar-refractivity contribution is 0.700. The fraction of sp³-hybridized carbons (Fsp3) is 0.167. The van der Waals surface area contributed by atoms with Crippen LogP contribution in [0.25, 0.3) is 0 Å². The van der Waals surface area contributed by atoms with Gasteiger partial charge in [-0.25, -0.2) is 4.68 Å². The number of nitrogens with zero attached hydrogens (tertiary/aromatic N) is 3. The van der Waals surface area contributed by atoms with Crippen LogP contribution in [0.4, 0.5) is 11.6 Å². The maximum atomic E-state index is 8.85. The second kappa shape index (κ2) is 4.18. The quantitative estimate of drug-likeness (QED) is 0.808. The van der Waals surface area contributed by atoms with Crippen LogP contribution in [0.3, 0.4) is 0 Å². The number of hydrogen-bond donors (Lipinski definition) is 2. The molecule has 0 aliphatic heterocycles. The third-order valence-corrected chi connectivity index (χ3v) is 2.58. The first-order chi connectivity index (χ1) is 8.11. The Labute approximate surface area is 99.3 Å².